The number of nitrogens with zero attached hydrogens (tertiary/aromatic N) is 1. The fourth-order valence-corrected chi connectivity index (χ4v) is 4.19. The van der Waals surface area contributed by atoms with Crippen molar-refractivity contribution in [2.24, 2.45) is 0 Å². The van der Waals surface area contributed by atoms with Crippen LogP contribution in [0.25, 0.3) is 0 Å². The molecule has 0 aliphatic carbocycles. The van der Waals surface area contributed by atoms with Crippen molar-refractivity contribution in [3.05, 3.63) is 33.4 Å². The smallest absolute Gasteiger partial charge is 0.273 e. The molecule has 0 spiro atoms. The molecule has 0 aliphatic heterocycles. The molecule has 0 radical (unpaired) electrons. The molecule has 9 heteroatoms. The van der Waals surface area contributed by atoms with Crippen molar-refractivity contribution >= 4 is 59.7 Å². The third kappa shape index (κ3) is 3.19. The molecule has 2 rings (SSSR count). The molecule has 19 heavy (non-hydrogen) atoms. The molecule has 1 aromatic carbocycles. The largest absolute Gasteiger partial charge is 0.375 e. The molecule has 1 heterocycles. The van der Waals surface area contributed by atoms with Crippen molar-refractivity contribution in [1.29, 1.82) is 0 Å². The van der Waals surface area contributed by atoms with Crippen LogP contribution in [0.5, 0.6) is 0 Å². The van der Waals surface area contributed by atoms with Crippen molar-refractivity contribution in [2.45, 2.75) is 11.1 Å². The van der Waals surface area contributed by atoms with Crippen LogP contribution in [0.15, 0.2) is 26.9 Å². The molecule has 0 aliphatic rings. The van der Waals surface area contributed by atoms with Gasteiger partial charge in [-0.15, -0.1) is 0 Å². The maximum absolute atomic E-state index is 12.2. The van der Waals surface area contributed by atoms with Crippen molar-refractivity contribution < 1.29 is 8.42 Å². The van der Waals surface area contributed by atoms with Crippen molar-refractivity contribution in [1.82, 2.24) is 4.98 Å². The third-order valence-electron chi connectivity index (χ3n) is 2.19. The van der Waals surface area contributed by atoms with Gasteiger partial charge < -0.3 is 5.73 Å². The minimum Gasteiger partial charge on any atom is -0.375 e. The molecule has 0 bridgehead atoms. The number of aryl methyl sites for hydroxylation is 1. The topological polar surface area (TPSA) is 85.1 Å². The zero-order valence-corrected chi connectivity index (χ0v) is 13.6. The van der Waals surface area contributed by atoms with E-state index in [4.69, 9.17) is 17.3 Å². The van der Waals surface area contributed by atoms with Crippen LogP contribution < -0.4 is 10.5 Å². The maximum Gasteiger partial charge on any atom is 0.273 e. The number of rotatable bonds is 3. The number of nitrogen functional groups attached to an aromatic ring is 1. The molecule has 0 fully saturated rings. The summed E-state index contributed by atoms with van der Waals surface area (Å²) < 4.78 is 27.6. The Morgan fingerprint density at radius 1 is 1.47 bits per heavy atom. The standard InChI is InChI=1S/C10H9BrClN3O2S2/c1-5-9(18-10(13)14-5)19(16,17)15-6-2-3-7(11)8(12)4-6/h2-4,15H,1H3,(H2,13,14). The number of nitrogens with two attached hydrogens (primary N) is 1. The lowest BCUT2D eigenvalue weighted by Crippen LogP contribution is -2.12. The van der Waals surface area contributed by atoms with E-state index >= 15 is 0 Å². The summed E-state index contributed by atoms with van der Waals surface area (Å²) in [7, 11) is -3.70. The van der Waals surface area contributed by atoms with Gasteiger partial charge in [-0.25, -0.2) is 13.4 Å². The third-order valence-corrected chi connectivity index (χ3v) is 6.40. The first-order chi connectivity index (χ1) is 8.79. The number of sulfonamides is 1. The number of nitrogens with one attached hydrogen (secondary N) is 1. The molecule has 5 nitrogen and oxygen atoms in total. The number of thiazole rings is 1. The Labute approximate surface area is 128 Å². The van der Waals surface area contributed by atoms with Gasteiger partial charge in [0, 0.05) is 4.47 Å². The number of hydrogen-bond donors (Lipinski definition) is 2. The Morgan fingerprint density at radius 3 is 2.68 bits per heavy atom. The molecular formula is C10H9BrClN3O2S2. The lowest BCUT2D eigenvalue weighted by atomic mass is 10.3. The van der Waals surface area contributed by atoms with E-state index in [1.165, 1.54) is 6.07 Å². The summed E-state index contributed by atoms with van der Waals surface area (Å²) in [5, 5.41) is 0.632. The minimum absolute atomic E-state index is 0.101. The highest BCUT2D eigenvalue weighted by Crippen LogP contribution is 2.29. The van der Waals surface area contributed by atoms with Gasteiger partial charge >= 0.3 is 0 Å². The molecule has 1 aromatic heterocycles. The van der Waals surface area contributed by atoms with E-state index in [1.54, 1.807) is 19.1 Å². The summed E-state index contributed by atoms with van der Waals surface area (Å²) >= 11 is 10.1. The molecule has 0 unspecified atom stereocenters. The van der Waals surface area contributed by atoms with Crippen LogP contribution in [0.3, 0.4) is 0 Å². The van der Waals surface area contributed by atoms with Gasteiger partial charge in [0.2, 0.25) is 0 Å². The molecule has 102 valence electrons. The average molecular weight is 383 g/mol. The van der Waals surface area contributed by atoms with Gasteiger partial charge in [0.05, 0.1) is 16.4 Å². The van der Waals surface area contributed by atoms with Crippen LogP contribution >= 0.6 is 38.9 Å². The number of benzene rings is 1. The fourth-order valence-electron chi connectivity index (χ4n) is 1.41. The Balaban J connectivity index is 2.36. The Bertz CT molecular complexity index is 730. The molecular weight excluding hydrogens is 374 g/mol. The number of hydrogen-bond acceptors (Lipinski definition) is 5. The Kier molecular flexibility index (Phi) is 4.05. The highest BCUT2D eigenvalue weighted by Gasteiger charge is 2.21. The molecule has 0 saturated heterocycles. The average Bonchev–Trinajstić information content (AvgIpc) is 2.63. The van der Waals surface area contributed by atoms with E-state index in [2.05, 4.69) is 25.6 Å². The van der Waals surface area contributed by atoms with Gasteiger partial charge in [-0.05, 0) is 41.1 Å². The Hall–Kier alpha value is -0.830. The van der Waals surface area contributed by atoms with E-state index in [1.807, 2.05) is 0 Å². The van der Waals surface area contributed by atoms with E-state index in [0.29, 0.717) is 20.9 Å². The minimum atomic E-state index is -3.70. The summed E-state index contributed by atoms with van der Waals surface area (Å²) in [4.78, 5) is 3.89. The molecule has 0 saturated carbocycles. The van der Waals surface area contributed by atoms with Crippen molar-refractivity contribution in [3.63, 3.8) is 0 Å². The van der Waals surface area contributed by atoms with Gasteiger partial charge in [0.15, 0.2) is 9.34 Å². The quantitative estimate of drug-likeness (QED) is 0.853. The number of halogens is 2. The summed E-state index contributed by atoms with van der Waals surface area (Å²) in [6.45, 7) is 1.59. The van der Waals surface area contributed by atoms with Gasteiger partial charge in [-0.1, -0.05) is 22.9 Å². The molecule has 0 amide bonds. The molecule has 2 aromatic rings. The van der Waals surface area contributed by atoms with E-state index in [0.717, 1.165) is 11.3 Å². The first-order valence-electron chi connectivity index (χ1n) is 5.00. The first-order valence-corrected chi connectivity index (χ1v) is 8.47. The van der Waals surface area contributed by atoms with Crippen LogP contribution in [0.4, 0.5) is 10.8 Å². The summed E-state index contributed by atoms with van der Waals surface area (Å²) in [5.41, 5.74) is 6.25. The van der Waals surface area contributed by atoms with Crippen LogP contribution in [0, 0.1) is 6.92 Å². The van der Waals surface area contributed by atoms with Crippen LogP contribution in [-0.4, -0.2) is 13.4 Å². The van der Waals surface area contributed by atoms with E-state index in [9.17, 15) is 8.42 Å². The normalized spacial score (nSPS) is 11.5. The van der Waals surface area contributed by atoms with Gasteiger partial charge in [-0.2, -0.15) is 0 Å². The Morgan fingerprint density at radius 2 is 2.16 bits per heavy atom. The lowest BCUT2D eigenvalue weighted by Gasteiger charge is -2.07. The monoisotopic (exact) mass is 381 g/mol. The summed E-state index contributed by atoms with van der Waals surface area (Å²) in [6.07, 6.45) is 0. The highest BCUT2D eigenvalue weighted by atomic mass is 79.9. The van der Waals surface area contributed by atoms with Gasteiger partial charge in [-0.3, -0.25) is 4.72 Å². The summed E-state index contributed by atoms with van der Waals surface area (Å²) in [6, 6.07) is 4.78. The van der Waals surface area contributed by atoms with Crippen LogP contribution in [0.2, 0.25) is 5.02 Å². The number of anilines is 2. The molecule has 0 atom stereocenters. The SMILES string of the molecule is Cc1nc(N)sc1S(=O)(=O)Nc1ccc(Br)c(Cl)c1. The van der Waals surface area contributed by atoms with E-state index in [-0.39, 0.29) is 9.34 Å². The predicted octanol–water partition coefficient (Wildman–Crippen LogP) is 3.25. The fraction of sp³-hybridized carbons (Fsp3) is 0.100. The number of aromatic nitrogens is 1. The van der Waals surface area contributed by atoms with Gasteiger partial charge in [0.1, 0.15) is 0 Å². The van der Waals surface area contributed by atoms with Crippen LogP contribution in [0.1, 0.15) is 5.69 Å². The first kappa shape index (κ1) is 14.6. The second-order valence-corrected chi connectivity index (χ2v) is 7.83. The second kappa shape index (κ2) is 5.28. The molecule has 3 N–H and O–H groups in total. The summed E-state index contributed by atoms with van der Waals surface area (Å²) in [5.74, 6) is 0. The lowest BCUT2D eigenvalue weighted by molar-refractivity contribution is 0.602. The van der Waals surface area contributed by atoms with Crippen molar-refractivity contribution in [3.8, 4) is 0 Å². The van der Waals surface area contributed by atoms with Gasteiger partial charge in [0.25, 0.3) is 10.0 Å². The van der Waals surface area contributed by atoms with E-state index < -0.39 is 10.0 Å². The zero-order chi connectivity index (χ0) is 14.2. The zero-order valence-electron chi connectivity index (χ0n) is 9.65. The predicted molar refractivity (Wildman–Crippen MR) is 81.2 cm³/mol. The van der Waals surface area contributed by atoms with Crippen molar-refractivity contribution in [2.75, 3.05) is 10.5 Å². The van der Waals surface area contributed by atoms with Crippen LogP contribution in [-0.2, 0) is 10.0 Å². The highest BCUT2D eigenvalue weighted by molar-refractivity contribution is 9.10. The maximum atomic E-state index is 12.2. The second-order valence-electron chi connectivity index (χ2n) is 3.66.